The Morgan fingerprint density at radius 3 is 2.92 bits per heavy atom. The Morgan fingerprint density at radius 2 is 2.38 bits per heavy atom. The molecule has 0 amide bonds. The van der Waals surface area contributed by atoms with Gasteiger partial charge in [-0.2, -0.15) is 0 Å². The molecule has 1 aromatic heterocycles. The summed E-state index contributed by atoms with van der Waals surface area (Å²) in [5, 5.41) is 3.31. The summed E-state index contributed by atoms with van der Waals surface area (Å²) in [5.41, 5.74) is 1.03. The second-order valence-electron chi connectivity index (χ2n) is 3.18. The highest BCUT2D eigenvalue weighted by molar-refractivity contribution is 5.08. The number of aromatic amines is 1. The van der Waals surface area contributed by atoms with Crippen molar-refractivity contribution in [2.24, 2.45) is 0 Å². The van der Waals surface area contributed by atoms with Crippen LogP contribution in [0.25, 0.3) is 0 Å². The van der Waals surface area contributed by atoms with Gasteiger partial charge in [0, 0.05) is 18.8 Å². The molecule has 0 bridgehead atoms. The van der Waals surface area contributed by atoms with Crippen molar-refractivity contribution in [2.45, 2.75) is 12.6 Å². The minimum Gasteiger partial charge on any atom is -0.378 e. The molecule has 0 unspecified atom stereocenters. The molecule has 1 aliphatic rings. The van der Waals surface area contributed by atoms with Gasteiger partial charge in [-0.25, -0.2) is 0 Å². The van der Waals surface area contributed by atoms with Crippen LogP contribution in [0.3, 0.4) is 0 Å². The lowest BCUT2D eigenvalue weighted by atomic mass is 10.2. The highest BCUT2D eigenvalue weighted by Crippen LogP contribution is 2.01. The molecule has 1 aromatic rings. The maximum absolute atomic E-state index is 10.7. The summed E-state index contributed by atoms with van der Waals surface area (Å²) in [7, 11) is 0. The standard InChI is InChI=1S/C9H12N2O2/c12-9-2-1-7(4-11-9)3-10-8-5-13-6-8/h1-2,4,8,10H,3,5-6H2,(H,11,12). The van der Waals surface area contributed by atoms with Crippen molar-refractivity contribution in [1.29, 1.82) is 0 Å². The van der Waals surface area contributed by atoms with Gasteiger partial charge in [0.2, 0.25) is 5.56 Å². The molecule has 0 saturated carbocycles. The number of hydrogen-bond acceptors (Lipinski definition) is 3. The van der Waals surface area contributed by atoms with Gasteiger partial charge in [-0.3, -0.25) is 4.79 Å². The SMILES string of the molecule is O=c1ccc(CNC2COC2)c[nH]1. The number of aromatic nitrogens is 1. The number of rotatable bonds is 3. The van der Waals surface area contributed by atoms with Gasteiger partial charge in [-0.15, -0.1) is 0 Å². The monoisotopic (exact) mass is 180 g/mol. The van der Waals surface area contributed by atoms with E-state index in [0.29, 0.717) is 6.04 Å². The fraction of sp³-hybridized carbons (Fsp3) is 0.444. The summed E-state index contributed by atoms with van der Waals surface area (Å²) in [6.45, 7) is 2.37. The minimum absolute atomic E-state index is 0.0595. The Labute approximate surface area is 75.9 Å². The van der Waals surface area contributed by atoms with E-state index in [1.165, 1.54) is 6.07 Å². The molecule has 0 spiro atoms. The zero-order valence-electron chi connectivity index (χ0n) is 7.25. The van der Waals surface area contributed by atoms with E-state index in [4.69, 9.17) is 4.74 Å². The van der Waals surface area contributed by atoms with Crippen molar-refractivity contribution in [2.75, 3.05) is 13.2 Å². The van der Waals surface area contributed by atoms with E-state index in [1.54, 1.807) is 6.20 Å². The molecule has 1 fully saturated rings. The van der Waals surface area contributed by atoms with Gasteiger partial charge in [0.15, 0.2) is 0 Å². The Morgan fingerprint density at radius 1 is 1.54 bits per heavy atom. The van der Waals surface area contributed by atoms with Crippen LogP contribution >= 0.6 is 0 Å². The predicted octanol–water partition coefficient (Wildman–Crippen LogP) is -0.137. The molecular formula is C9H12N2O2. The van der Waals surface area contributed by atoms with Crippen molar-refractivity contribution >= 4 is 0 Å². The van der Waals surface area contributed by atoms with Gasteiger partial charge in [-0.05, 0) is 5.56 Å². The quantitative estimate of drug-likeness (QED) is 0.681. The van der Waals surface area contributed by atoms with Crippen LogP contribution in [0.5, 0.6) is 0 Å². The second-order valence-corrected chi connectivity index (χ2v) is 3.18. The van der Waals surface area contributed by atoms with Gasteiger partial charge in [0.05, 0.1) is 19.3 Å². The molecule has 0 aliphatic carbocycles. The van der Waals surface area contributed by atoms with E-state index in [9.17, 15) is 4.79 Å². The van der Waals surface area contributed by atoms with Crippen molar-refractivity contribution in [1.82, 2.24) is 10.3 Å². The number of H-pyrrole nitrogens is 1. The summed E-state index contributed by atoms with van der Waals surface area (Å²) >= 11 is 0. The number of hydrogen-bond donors (Lipinski definition) is 2. The fourth-order valence-electron chi connectivity index (χ4n) is 1.17. The molecule has 2 heterocycles. The van der Waals surface area contributed by atoms with E-state index >= 15 is 0 Å². The Kier molecular flexibility index (Phi) is 2.42. The van der Waals surface area contributed by atoms with Crippen LogP contribution in [0, 0.1) is 0 Å². The summed E-state index contributed by atoms with van der Waals surface area (Å²) in [6.07, 6.45) is 1.73. The molecule has 0 radical (unpaired) electrons. The van der Waals surface area contributed by atoms with Crippen LogP contribution in [0.4, 0.5) is 0 Å². The third-order valence-corrected chi connectivity index (χ3v) is 2.08. The van der Waals surface area contributed by atoms with Crippen LogP contribution in [0.15, 0.2) is 23.1 Å². The Balaban J connectivity index is 1.86. The average Bonchev–Trinajstić information content (AvgIpc) is 2.05. The van der Waals surface area contributed by atoms with E-state index in [-0.39, 0.29) is 5.56 Å². The number of pyridine rings is 1. The highest BCUT2D eigenvalue weighted by Gasteiger charge is 2.16. The lowest BCUT2D eigenvalue weighted by molar-refractivity contribution is -0.00579. The van der Waals surface area contributed by atoms with E-state index < -0.39 is 0 Å². The van der Waals surface area contributed by atoms with Gasteiger partial charge in [0.1, 0.15) is 0 Å². The average molecular weight is 180 g/mol. The van der Waals surface area contributed by atoms with Crippen molar-refractivity contribution in [3.8, 4) is 0 Å². The van der Waals surface area contributed by atoms with E-state index in [0.717, 1.165) is 25.3 Å². The zero-order chi connectivity index (χ0) is 9.10. The Bertz CT molecular complexity index is 310. The number of nitrogens with one attached hydrogen (secondary N) is 2. The zero-order valence-corrected chi connectivity index (χ0v) is 7.25. The molecule has 13 heavy (non-hydrogen) atoms. The first-order chi connectivity index (χ1) is 6.34. The molecule has 4 nitrogen and oxygen atoms in total. The first-order valence-corrected chi connectivity index (χ1v) is 4.33. The van der Waals surface area contributed by atoms with Crippen LogP contribution in [-0.2, 0) is 11.3 Å². The van der Waals surface area contributed by atoms with Crippen molar-refractivity contribution in [3.05, 3.63) is 34.2 Å². The first-order valence-electron chi connectivity index (χ1n) is 4.33. The minimum atomic E-state index is -0.0595. The molecule has 70 valence electrons. The lowest BCUT2D eigenvalue weighted by Gasteiger charge is -2.26. The maximum atomic E-state index is 10.7. The van der Waals surface area contributed by atoms with Crippen molar-refractivity contribution < 1.29 is 4.74 Å². The van der Waals surface area contributed by atoms with Gasteiger partial charge in [0.25, 0.3) is 0 Å². The van der Waals surface area contributed by atoms with Gasteiger partial charge < -0.3 is 15.0 Å². The summed E-state index contributed by atoms with van der Waals surface area (Å²) in [5.74, 6) is 0. The van der Waals surface area contributed by atoms with Crippen molar-refractivity contribution in [3.63, 3.8) is 0 Å². The highest BCUT2D eigenvalue weighted by atomic mass is 16.5. The Hall–Kier alpha value is -1.13. The smallest absolute Gasteiger partial charge is 0.247 e. The molecular weight excluding hydrogens is 168 g/mol. The van der Waals surface area contributed by atoms with Crippen LogP contribution in [0.1, 0.15) is 5.56 Å². The maximum Gasteiger partial charge on any atom is 0.247 e. The largest absolute Gasteiger partial charge is 0.378 e. The lowest BCUT2D eigenvalue weighted by Crippen LogP contribution is -2.45. The van der Waals surface area contributed by atoms with Gasteiger partial charge >= 0.3 is 0 Å². The van der Waals surface area contributed by atoms with Crippen LogP contribution < -0.4 is 10.9 Å². The topological polar surface area (TPSA) is 54.1 Å². The van der Waals surface area contributed by atoms with Crippen LogP contribution in [0.2, 0.25) is 0 Å². The second kappa shape index (κ2) is 3.72. The van der Waals surface area contributed by atoms with E-state index in [1.807, 2.05) is 6.07 Å². The molecule has 1 saturated heterocycles. The van der Waals surface area contributed by atoms with Crippen LogP contribution in [-0.4, -0.2) is 24.2 Å². The van der Waals surface area contributed by atoms with Gasteiger partial charge in [-0.1, -0.05) is 6.07 Å². The molecule has 0 atom stereocenters. The third kappa shape index (κ3) is 2.17. The molecule has 2 rings (SSSR count). The third-order valence-electron chi connectivity index (χ3n) is 2.08. The molecule has 1 aliphatic heterocycles. The number of ether oxygens (including phenoxy) is 1. The normalized spacial score (nSPS) is 16.9. The predicted molar refractivity (Wildman–Crippen MR) is 48.5 cm³/mol. The van der Waals surface area contributed by atoms with E-state index in [2.05, 4.69) is 10.3 Å². The first kappa shape index (κ1) is 8.47. The molecule has 4 heteroatoms. The summed E-state index contributed by atoms with van der Waals surface area (Å²) < 4.78 is 5.02. The molecule has 0 aromatic carbocycles. The summed E-state index contributed by atoms with van der Waals surface area (Å²) in [4.78, 5) is 13.4. The fourth-order valence-corrected chi connectivity index (χ4v) is 1.17. The summed E-state index contributed by atoms with van der Waals surface area (Å²) in [6, 6.07) is 3.84. The molecule has 2 N–H and O–H groups in total.